The van der Waals surface area contributed by atoms with Crippen LogP contribution in [0.3, 0.4) is 0 Å². The van der Waals surface area contributed by atoms with E-state index in [2.05, 4.69) is 0 Å². The first-order chi connectivity index (χ1) is 12.0. The Kier molecular flexibility index (Phi) is 4.81. The third kappa shape index (κ3) is 3.27. The smallest absolute Gasteiger partial charge is 0.170 e. The molecular formula is C15H8F12. The summed E-state index contributed by atoms with van der Waals surface area (Å²) in [7, 11) is 0. The van der Waals surface area contributed by atoms with Crippen molar-refractivity contribution in [3.8, 4) is 0 Å². The Morgan fingerprint density at radius 2 is 1.11 bits per heavy atom. The van der Waals surface area contributed by atoms with Crippen LogP contribution in [-0.2, 0) is 0 Å². The van der Waals surface area contributed by atoms with E-state index in [9.17, 15) is 52.7 Å². The van der Waals surface area contributed by atoms with Crippen molar-refractivity contribution in [2.24, 2.45) is 5.41 Å². The minimum Gasteiger partial charge on any atom is -0.170 e. The average Bonchev–Trinajstić information content (AvgIpc) is 2.37. The van der Waals surface area contributed by atoms with Crippen molar-refractivity contribution in [3.05, 3.63) is 47.0 Å². The molecule has 1 aromatic carbocycles. The lowest BCUT2D eigenvalue weighted by Gasteiger charge is -2.54. The van der Waals surface area contributed by atoms with E-state index in [4.69, 9.17) is 0 Å². The van der Waals surface area contributed by atoms with Crippen LogP contribution in [0.1, 0.15) is 17.9 Å². The minimum absolute atomic E-state index is 0.667. The summed E-state index contributed by atoms with van der Waals surface area (Å²) >= 11 is 0. The third-order valence-electron chi connectivity index (χ3n) is 4.37. The third-order valence-corrected chi connectivity index (χ3v) is 4.37. The molecule has 1 aliphatic carbocycles. The molecule has 152 valence electrons. The maximum absolute atomic E-state index is 13.5. The Balaban J connectivity index is 2.90. The Morgan fingerprint density at radius 1 is 0.704 bits per heavy atom. The fourth-order valence-corrected chi connectivity index (χ4v) is 3.35. The van der Waals surface area contributed by atoms with Crippen LogP contribution >= 0.6 is 0 Å². The molecule has 0 aliphatic heterocycles. The summed E-state index contributed by atoms with van der Waals surface area (Å²) < 4.78 is 158. The van der Waals surface area contributed by atoms with Crippen LogP contribution in [0, 0.1) is 5.41 Å². The van der Waals surface area contributed by atoms with Gasteiger partial charge in [-0.3, -0.25) is 0 Å². The first kappa shape index (κ1) is 21.4. The van der Waals surface area contributed by atoms with Gasteiger partial charge in [0.2, 0.25) is 0 Å². The number of allylic oxidation sites excluding steroid dienone is 2. The van der Waals surface area contributed by atoms with Gasteiger partial charge in [0.1, 0.15) is 5.57 Å². The molecule has 0 N–H and O–H groups in total. The van der Waals surface area contributed by atoms with Gasteiger partial charge < -0.3 is 0 Å². The maximum Gasteiger partial charge on any atom is 0.421 e. The molecule has 1 aliphatic rings. The number of benzene rings is 1. The SMILES string of the molecule is FC(F)(F)C(=C1CC(c2ccccc2)C1(C(F)(F)F)C(F)(F)F)C(F)(F)F. The van der Waals surface area contributed by atoms with E-state index in [1.165, 1.54) is 6.07 Å². The molecule has 0 saturated heterocycles. The number of alkyl halides is 12. The van der Waals surface area contributed by atoms with Gasteiger partial charge in [-0.2, -0.15) is 52.7 Å². The normalized spacial score (nSPS) is 21.0. The van der Waals surface area contributed by atoms with Gasteiger partial charge in [-0.05, 0) is 17.6 Å². The van der Waals surface area contributed by atoms with Crippen molar-refractivity contribution in [3.63, 3.8) is 0 Å². The molecule has 12 heteroatoms. The van der Waals surface area contributed by atoms with E-state index < -0.39 is 59.2 Å². The molecule has 27 heavy (non-hydrogen) atoms. The fourth-order valence-electron chi connectivity index (χ4n) is 3.35. The molecule has 1 aromatic rings. The summed E-state index contributed by atoms with van der Waals surface area (Å²) in [6, 6.07) is 4.85. The molecule has 0 radical (unpaired) electrons. The Morgan fingerprint density at radius 3 is 1.44 bits per heavy atom. The van der Waals surface area contributed by atoms with Crippen LogP contribution in [0.5, 0.6) is 0 Å². The molecule has 0 aromatic heterocycles. The molecular weight excluding hydrogens is 408 g/mol. The second kappa shape index (κ2) is 6.06. The van der Waals surface area contributed by atoms with Crippen LogP contribution in [0.25, 0.3) is 0 Å². The predicted octanol–water partition coefficient (Wildman–Crippen LogP) is 6.71. The lowest BCUT2D eigenvalue weighted by atomic mass is 9.52. The van der Waals surface area contributed by atoms with Crippen molar-refractivity contribution in [2.75, 3.05) is 0 Å². The second-order valence-corrected chi connectivity index (χ2v) is 5.82. The van der Waals surface area contributed by atoms with Crippen LogP contribution in [0.2, 0.25) is 0 Å². The quantitative estimate of drug-likeness (QED) is 0.353. The zero-order chi connectivity index (χ0) is 21.1. The van der Waals surface area contributed by atoms with Gasteiger partial charge in [0, 0.05) is 5.92 Å². The summed E-state index contributed by atoms with van der Waals surface area (Å²) in [5, 5.41) is 0. The van der Waals surface area contributed by atoms with Crippen molar-refractivity contribution in [2.45, 2.75) is 37.0 Å². The van der Waals surface area contributed by atoms with E-state index in [1.54, 1.807) is 0 Å². The highest BCUT2D eigenvalue weighted by Gasteiger charge is 2.82. The van der Waals surface area contributed by atoms with Gasteiger partial charge >= 0.3 is 24.7 Å². The van der Waals surface area contributed by atoms with Crippen LogP contribution in [0.15, 0.2) is 41.5 Å². The molecule has 0 heterocycles. The largest absolute Gasteiger partial charge is 0.421 e. The molecule has 2 rings (SSSR count). The summed E-state index contributed by atoms with van der Waals surface area (Å²) in [6.45, 7) is 0. The summed E-state index contributed by atoms with van der Waals surface area (Å²) in [6.07, 6.45) is -27.5. The number of hydrogen-bond acceptors (Lipinski definition) is 0. The van der Waals surface area contributed by atoms with Gasteiger partial charge in [-0.25, -0.2) is 0 Å². The van der Waals surface area contributed by atoms with Crippen LogP contribution in [0.4, 0.5) is 52.7 Å². The maximum atomic E-state index is 13.5. The Labute approximate surface area is 143 Å². The molecule has 1 unspecified atom stereocenters. The van der Waals surface area contributed by atoms with E-state index in [-0.39, 0.29) is 0 Å². The van der Waals surface area contributed by atoms with Crippen molar-refractivity contribution >= 4 is 0 Å². The van der Waals surface area contributed by atoms with Crippen molar-refractivity contribution < 1.29 is 52.7 Å². The van der Waals surface area contributed by atoms with Gasteiger partial charge in [0.05, 0.1) is 0 Å². The fraction of sp³-hybridized carbons (Fsp3) is 0.467. The highest BCUT2D eigenvalue weighted by Crippen LogP contribution is 2.73. The minimum atomic E-state index is -6.45. The summed E-state index contributed by atoms with van der Waals surface area (Å²) in [5.41, 5.74) is -12.5. The van der Waals surface area contributed by atoms with Crippen molar-refractivity contribution in [1.29, 1.82) is 0 Å². The zero-order valence-corrected chi connectivity index (χ0v) is 12.7. The topological polar surface area (TPSA) is 0 Å². The predicted molar refractivity (Wildman–Crippen MR) is 67.5 cm³/mol. The Hall–Kier alpha value is -1.88. The van der Waals surface area contributed by atoms with Gasteiger partial charge in [0.25, 0.3) is 0 Å². The zero-order valence-electron chi connectivity index (χ0n) is 12.7. The van der Waals surface area contributed by atoms with Gasteiger partial charge in [0.15, 0.2) is 5.41 Å². The average molecular weight is 416 g/mol. The second-order valence-electron chi connectivity index (χ2n) is 5.82. The number of rotatable bonds is 1. The molecule has 0 nitrogen and oxygen atoms in total. The van der Waals surface area contributed by atoms with Crippen LogP contribution in [-0.4, -0.2) is 24.7 Å². The van der Waals surface area contributed by atoms with E-state index in [0.717, 1.165) is 24.3 Å². The standard InChI is InChI=1S/C15H8F12/c16-12(17,18)10(13(19,20)21)9-6-8(7-4-2-1-3-5-7)11(9,14(22,23)24)15(25,26)27/h1-5,8H,6H2. The van der Waals surface area contributed by atoms with E-state index >= 15 is 0 Å². The monoisotopic (exact) mass is 416 g/mol. The van der Waals surface area contributed by atoms with E-state index in [0.29, 0.717) is 0 Å². The van der Waals surface area contributed by atoms with Crippen molar-refractivity contribution in [1.82, 2.24) is 0 Å². The van der Waals surface area contributed by atoms with E-state index in [1.807, 2.05) is 0 Å². The highest BCUT2D eigenvalue weighted by atomic mass is 19.4. The Bertz CT molecular complexity index is 684. The molecule has 1 atom stereocenters. The lowest BCUT2D eigenvalue weighted by Crippen LogP contribution is -2.62. The first-order valence-corrected chi connectivity index (χ1v) is 7.02. The van der Waals surface area contributed by atoms with Crippen LogP contribution < -0.4 is 0 Å². The molecule has 0 bridgehead atoms. The number of halogens is 12. The lowest BCUT2D eigenvalue weighted by molar-refractivity contribution is -0.351. The number of hydrogen-bond donors (Lipinski definition) is 0. The highest BCUT2D eigenvalue weighted by molar-refractivity contribution is 5.47. The molecule has 1 saturated carbocycles. The van der Waals surface area contributed by atoms with Gasteiger partial charge in [-0.1, -0.05) is 30.3 Å². The summed E-state index contributed by atoms with van der Waals surface area (Å²) in [5.74, 6) is -2.67. The van der Waals surface area contributed by atoms with Gasteiger partial charge in [-0.15, -0.1) is 0 Å². The molecule has 0 spiro atoms. The first-order valence-electron chi connectivity index (χ1n) is 7.02. The summed E-state index contributed by atoms with van der Waals surface area (Å²) in [4.78, 5) is 0. The molecule has 1 fully saturated rings. The molecule has 0 amide bonds.